The maximum absolute atomic E-state index is 14.0. The summed E-state index contributed by atoms with van der Waals surface area (Å²) in [4.78, 5) is 20.9. The zero-order chi connectivity index (χ0) is 23.0. The van der Waals surface area contributed by atoms with Crippen molar-refractivity contribution in [3.63, 3.8) is 0 Å². The fourth-order valence-corrected chi connectivity index (χ4v) is 4.51. The summed E-state index contributed by atoms with van der Waals surface area (Å²) < 4.78 is 34.1. The van der Waals surface area contributed by atoms with Crippen molar-refractivity contribution < 1.29 is 28.5 Å². The first-order valence-electron chi connectivity index (χ1n) is 9.86. The van der Waals surface area contributed by atoms with Crippen LogP contribution in [-0.4, -0.2) is 43.9 Å². The number of aliphatic hydroxyl groups is 2. The van der Waals surface area contributed by atoms with Crippen LogP contribution in [-0.2, 0) is 4.74 Å². The van der Waals surface area contributed by atoms with Gasteiger partial charge in [-0.15, -0.1) is 11.3 Å². The number of aromatic nitrogens is 2. The second-order valence-corrected chi connectivity index (χ2v) is 8.87. The highest BCUT2D eigenvalue weighted by Crippen LogP contribution is 2.39. The molecule has 1 aliphatic rings. The monoisotopic (exact) mass is 461 g/mol. The van der Waals surface area contributed by atoms with Gasteiger partial charge in [-0.25, -0.2) is 13.8 Å². The van der Waals surface area contributed by atoms with Gasteiger partial charge in [0.2, 0.25) is 0 Å². The van der Waals surface area contributed by atoms with Crippen molar-refractivity contribution in [2.75, 3.05) is 5.32 Å². The molecule has 3 aromatic rings. The van der Waals surface area contributed by atoms with Crippen LogP contribution in [0.4, 0.5) is 14.5 Å². The Kier molecular flexibility index (Phi) is 6.04. The van der Waals surface area contributed by atoms with E-state index in [2.05, 4.69) is 15.3 Å². The Morgan fingerprint density at radius 1 is 1.25 bits per heavy atom. The van der Waals surface area contributed by atoms with E-state index in [1.165, 1.54) is 23.8 Å². The normalized spacial score (nSPS) is 22.5. The number of hydrogen-bond donors (Lipinski definition) is 3. The maximum Gasteiger partial charge on any atom is 0.275 e. The average Bonchev–Trinajstić information content (AvgIpc) is 3.22. The van der Waals surface area contributed by atoms with E-state index in [-0.39, 0.29) is 22.7 Å². The van der Waals surface area contributed by atoms with Gasteiger partial charge < -0.3 is 20.3 Å². The third kappa shape index (κ3) is 4.26. The molecule has 0 saturated carbocycles. The topological polar surface area (TPSA) is 105 Å². The molecule has 0 bridgehead atoms. The molecule has 0 spiro atoms. The molecule has 2 aromatic heterocycles. The molecular formula is C22H21F2N3O4S. The highest BCUT2D eigenvalue weighted by atomic mass is 32.1. The lowest BCUT2D eigenvalue weighted by atomic mass is 9.87. The van der Waals surface area contributed by atoms with Crippen LogP contribution in [0.1, 0.15) is 42.4 Å². The Morgan fingerprint density at radius 3 is 2.66 bits per heavy atom. The fourth-order valence-electron chi connectivity index (χ4n) is 3.66. The molecule has 10 heteroatoms. The highest BCUT2D eigenvalue weighted by Gasteiger charge is 2.43. The first kappa shape index (κ1) is 22.4. The Labute approximate surface area is 186 Å². The SMILES string of the molecule is CC1(C)O[C@@H](c2ccncc2NC(=O)c2csc(-c3c(F)cccc3F)n2)C[C@H](O)[C@@H]1O. The summed E-state index contributed by atoms with van der Waals surface area (Å²) in [5.74, 6) is -2.12. The van der Waals surface area contributed by atoms with E-state index in [1.54, 1.807) is 19.9 Å². The summed E-state index contributed by atoms with van der Waals surface area (Å²) in [6.07, 6.45) is 0.444. The first-order valence-corrected chi connectivity index (χ1v) is 10.7. The minimum atomic E-state index is -1.05. The predicted octanol–water partition coefficient (Wildman–Crippen LogP) is 3.70. The smallest absolute Gasteiger partial charge is 0.275 e. The van der Waals surface area contributed by atoms with Crippen LogP contribution < -0.4 is 5.32 Å². The number of nitrogens with zero attached hydrogens (tertiary/aromatic N) is 2. The van der Waals surface area contributed by atoms with Crippen LogP contribution in [0.3, 0.4) is 0 Å². The molecule has 32 heavy (non-hydrogen) atoms. The molecular weight excluding hydrogens is 440 g/mol. The van der Waals surface area contributed by atoms with E-state index in [0.29, 0.717) is 11.3 Å². The quantitative estimate of drug-likeness (QED) is 0.547. The molecule has 3 N–H and O–H groups in total. The number of aliphatic hydroxyl groups excluding tert-OH is 2. The molecule has 3 heterocycles. The lowest BCUT2D eigenvalue weighted by molar-refractivity contribution is -0.214. The van der Waals surface area contributed by atoms with Crippen LogP contribution >= 0.6 is 11.3 Å². The molecule has 7 nitrogen and oxygen atoms in total. The Morgan fingerprint density at radius 2 is 1.97 bits per heavy atom. The van der Waals surface area contributed by atoms with E-state index < -0.39 is 41.5 Å². The van der Waals surface area contributed by atoms with E-state index in [9.17, 15) is 23.8 Å². The van der Waals surface area contributed by atoms with E-state index in [4.69, 9.17) is 4.74 Å². The van der Waals surface area contributed by atoms with Gasteiger partial charge in [-0.2, -0.15) is 0 Å². The van der Waals surface area contributed by atoms with Crippen molar-refractivity contribution in [1.29, 1.82) is 0 Å². The molecule has 1 fully saturated rings. The number of carbonyl (C=O) groups is 1. The number of rotatable bonds is 4. The summed E-state index contributed by atoms with van der Waals surface area (Å²) >= 11 is 0.949. The fraction of sp³-hybridized carbons (Fsp3) is 0.318. The number of amides is 1. The number of pyridine rings is 1. The van der Waals surface area contributed by atoms with Crippen LogP contribution in [0.15, 0.2) is 42.0 Å². The molecule has 168 valence electrons. The van der Waals surface area contributed by atoms with Crippen molar-refractivity contribution in [3.05, 3.63) is 64.9 Å². The summed E-state index contributed by atoms with van der Waals surface area (Å²) in [5.41, 5.74) is -0.385. The van der Waals surface area contributed by atoms with Gasteiger partial charge in [-0.3, -0.25) is 9.78 Å². The summed E-state index contributed by atoms with van der Waals surface area (Å²) in [6, 6.07) is 5.16. The second kappa shape index (κ2) is 8.62. The van der Waals surface area contributed by atoms with Crippen molar-refractivity contribution in [3.8, 4) is 10.6 Å². The van der Waals surface area contributed by atoms with Crippen molar-refractivity contribution in [2.45, 2.75) is 44.2 Å². The molecule has 0 radical (unpaired) electrons. The number of thiazole rings is 1. The molecule has 1 amide bonds. The number of nitrogens with one attached hydrogen (secondary N) is 1. The van der Waals surface area contributed by atoms with E-state index in [1.807, 2.05) is 0 Å². The van der Waals surface area contributed by atoms with Crippen molar-refractivity contribution in [2.24, 2.45) is 0 Å². The largest absolute Gasteiger partial charge is 0.390 e. The van der Waals surface area contributed by atoms with Gasteiger partial charge in [0.1, 0.15) is 28.4 Å². The molecule has 3 atom stereocenters. The van der Waals surface area contributed by atoms with Gasteiger partial charge in [0.25, 0.3) is 5.91 Å². The Balaban J connectivity index is 1.58. The lowest BCUT2D eigenvalue weighted by Crippen LogP contribution is -2.52. The van der Waals surface area contributed by atoms with Crippen LogP contribution in [0.2, 0.25) is 0 Å². The number of carbonyl (C=O) groups excluding carboxylic acids is 1. The summed E-state index contributed by atoms with van der Waals surface area (Å²) in [6.45, 7) is 3.34. The Bertz CT molecular complexity index is 1130. The molecule has 1 saturated heterocycles. The average molecular weight is 461 g/mol. The number of anilines is 1. The standard InChI is InChI=1S/C22H21F2N3O4S/c1-22(2)19(29)16(28)8-17(31-22)11-6-7-25-9-14(11)26-20(30)15-10-32-21(27-15)18-12(23)4-3-5-13(18)24/h3-7,9-10,16-17,19,28-29H,8H2,1-2H3,(H,26,30)/t16-,17+,19-/m0/s1. The number of hydrogen-bond acceptors (Lipinski definition) is 7. The maximum atomic E-state index is 14.0. The molecule has 0 aliphatic carbocycles. The van der Waals surface area contributed by atoms with Crippen LogP contribution in [0.25, 0.3) is 10.6 Å². The number of benzene rings is 1. The lowest BCUT2D eigenvalue weighted by Gasteiger charge is -2.43. The first-order chi connectivity index (χ1) is 15.2. The Hall–Kier alpha value is -2.79. The third-order valence-electron chi connectivity index (χ3n) is 5.34. The predicted molar refractivity (Wildman–Crippen MR) is 114 cm³/mol. The van der Waals surface area contributed by atoms with Crippen molar-refractivity contribution >= 4 is 22.9 Å². The van der Waals surface area contributed by atoms with Gasteiger partial charge in [0.05, 0.1) is 35.3 Å². The second-order valence-electron chi connectivity index (χ2n) is 8.01. The van der Waals surface area contributed by atoms with E-state index in [0.717, 1.165) is 23.5 Å². The van der Waals surface area contributed by atoms with Crippen LogP contribution in [0.5, 0.6) is 0 Å². The van der Waals surface area contributed by atoms with Gasteiger partial charge in [0.15, 0.2) is 0 Å². The van der Waals surface area contributed by atoms with Gasteiger partial charge in [-0.05, 0) is 32.0 Å². The van der Waals surface area contributed by atoms with Gasteiger partial charge in [0, 0.05) is 23.6 Å². The minimum absolute atomic E-state index is 0.0113. The van der Waals surface area contributed by atoms with Crippen molar-refractivity contribution in [1.82, 2.24) is 9.97 Å². The zero-order valence-electron chi connectivity index (χ0n) is 17.3. The molecule has 4 rings (SSSR count). The number of ether oxygens (including phenoxy) is 1. The zero-order valence-corrected chi connectivity index (χ0v) is 18.1. The minimum Gasteiger partial charge on any atom is -0.390 e. The van der Waals surface area contributed by atoms with Gasteiger partial charge >= 0.3 is 0 Å². The summed E-state index contributed by atoms with van der Waals surface area (Å²) in [7, 11) is 0. The summed E-state index contributed by atoms with van der Waals surface area (Å²) in [5, 5.41) is 24.6. The number of halogens is 2. The molecule has 0 unspecified atom stereocenters. The van der Waals surface area contributed by atoms with Gasteiger partial charge in [-0.1, -0.05) is 6.07 Å². The molecule has 1 aromatic carbocycles. The van der Waals surface area contributed by atoms with Crippen LogP contribution in [0, 0.1) is 11.6 Å². The molecule has 1 aliphatic heterocycles. The third-order valence-corrected chi connectivity index (χ3v) is 6.20. The van der Waals surface area contributed by atoms with E-state index >= 15 is 0 Å². The highest BCUT2D eigenvalue weighted by molar-refractivity contribution is 7.13.